The van der Waals surface area contributed by atoms with Crippen molar-refractivity contribution in [2.24, 2.45) is 5.73 Å². The predicted molar refractivity (Wildman–Crippen MR) is 216 cm³/mol. The molecule has 7 nitrogen and oxygen atoms in total. The van der Waals surface area contributed by atoms with Gasteiger partial charge in [0.15, 0.2) is 0 Å². The Bertz CT molecular complexity index is 858. The van der Waals surface area contributed by atoms with E-state index in [1.165, 1.54) is 122 Å². The maximum atomic E-state index is 12.6. The van der Waals surface area contributed by atoms with Gasteiger partial charge in [0.05, 0.1) is 0 Å². The number of rotatable bonds is 39. The first-order chi connectivity index (χ1) is 24.9. The van der Waals surface area contributed by atoms with Gasteiger partial charge in [-0.2, -0.15) is 0 Å². The number of hydrogen-bond donors (Lipinski definition) is 3. The second-order valence-electron chi connectivity index (χ2n) is 14.7. The van der Waals surface area contributed by atoms with E-state index < -0.39 is 12.0 Å². The van der Waals surface area contributed by atoms with Crippen LogP contribution in [-0.2, 0) is 19.1 Å². The van der Waals surface area contributed by atoms with Crippen LogP contribution in [0.4, 0.5) is 0 Å². The molecule has 4 N–H and O–H groups in total. The van der Waals surface area contributed by atoms with Gasteiger partial charge in [0.2, 0.25) is 5.91 Å². The first-order valence-electron chi connectivity index (χ1n) is 21.7. The SMILES string of the molecule is CCC/C=C\C(CCCCCCC(=O)NC(CCCN)C(=O)O)OC(=O)CCCCCCCCCCCCC/C=C\CCCCCCCCCC. The van der Waals surface area contributed by atoms with Gasteiger partial charge in [-0.3, -0.25) is 9.59 Å². The van der Waals surface area contributed by atoms with Gasteiger partial charge in [-0.1, -0.05) is 154 Å². The number of nitrogens with one attached hydrogen (secondary N) is 1. The van der Waals surface area contributed by atoms with E-state index in [1.54, 1.807) is 0 Å². The highest BCUT2D eigenvalue weighted by Gasteiger charge is 2.19. The van der Waals surface area contributed by atoms with Crippen LogP contribution in [0, 0.1) is 0 Å². The van der Waals surface area contributed by atoms with Crippen molar-refractivity contribution in [1.82, 2.24) is 5.32 Å². The number of esters is 1. The Morgan fingerprint density at radius 1 is 0.569 bits per heavy atom. The number of carbonyl (C=O) groups excluding carboxylic acids is 2. The molecule has 0 radical (unpaired) electrons. The van der Waals surface area contributed by atoms with Crippen LogP contribution in [0.1, 0.15) is 219 Å². The number of ether oxygens (including phenoxy) is 1. The Hall–Kier alpha value is -2.15. The van der Waals surface area contributed by atoms with Crippen LogP contribution in [0.25, 0.3) is 0 Å². The normalized spacial score (nSPS) is 12.8. The van der Waals surface area contributed by atoms with E-state index in [0.717, 1.165) is 51.4 Å². The zero-order valence-electron chi connectivity index (χ0n) is 33.5. The van der Waals surface area contributed by atoms with Crippen LogP contribution in [0.5, 0.6) is 0 Å². The number of carboxylic acids is 1. The summed E-state index contributed by atoms with van der Waals surface area (Å²) in [6.45, 7) is 4.82. The first kappa shape index (κ1) is 48.9. The Morgan fingerprint density at radius 3 is 1.57 bits per heavy atom. The summed E-state index contributed by atoms with van der Waals surface area (Å²) in [5, 5.41) is 11.9. The van der Waals surface area contributed by atoms with E-state index in [0.29, 0.717) is 38.6 Å². The van der Waals surface area contributed by atoms with Gasteiger partial charge in [0, 0.05) is 12.8 Å². The van der Waals surface area contributed by atoms with E-state index >= 15 is 0 Å². The Kier molecular flexibility index (Phi) is 37.4. The number of carboxylic acid groups (broad SMARTS) is 1. The molecule has 0 saturated heterocycles. The molecular formula is C44H82N2O5. The van der Waals surface area contributed by atoms with Crippen molar-refractivity contribution >= 4 is 17.8 Å². The maximum Gasteiger partial charge on any atom is 0.326 e. The van der Waals surface area contributed by atoms with E-state index in [1.807, 2.05) is 6.08 Å². The molecule has 0 heterocycles. The van der Waals surface area contributed by atoms with Gasteiger partial charge in [-0.05, 0) is 83.2 Å². The number of hydrogen-bond acceptors (Lipinski definition) is 5. The van der Waals surface area contributed by atoms with Crippen molar-refractivity contribution in [2.45, 2.75) is 231 Å². The van der Waals surface area contributed by atoms with Gasteiger partial charge in [-0.15, -0.1) is 0 Å². The minimum atomic E-state index is -1.02. The summed E-state index contributed by atoms with van der Waals surface area (Å²) >= 11 is 0. The van der Waals surface area contributed by atoms with E-state index in [9.17, 15) is 19.5 Å². The second-order valence-corrected chi connectivity index (χ2v) is 14.7. The standard InChI is InChI=1S/C44H82N2O5/c1-3-5-7-8-9-10-11-12-13-14-15-16-17-18-19-20-21-22-23-24-25-26-32-38-43(48)51-40(34-29-6-4-2)35-30-27-28-31-37-42(47)46-41(44(49)50)36-33-39-45/h14-15,29,34,40-41H,3-13,16-28,30-33,35-39,45H2,1-2H3,(H,46,47)(H,49,50)/b15-14-,34-29-. The van der Waals surface area contributed by atoms with Gasteiger partial charge >= 0.3 is 11.9 Å². The van der Waals surface area contributed by atoms with E-state index in [2.05, 4.69) is 37.4 Å². The molecule has 0 aliphatic rings. The van der Waals surface area contributed by atoms with Gasteiger partial charge in [0.25, 0.3) is 0 Å². The van der Waals surface area contributed by atoms with Crippen molar-refractivity contribution in [1.29, 1.82) is 0 Å². The molecule has 0 rings (SSSR count). The minimum Gasteiger partial charge on any atom is -0.480 e. The Morgan fingerprint density at radius 2 is 1.06 bits per heavy atom. The lowest BCUT2D eigenvalue weighted by molar-refractivity contribution is -0.147. The molecule has 0 aromatic heterocycles. The zero-order valence-corrected chi connectivity index (χ0v) is 33.5. The summed E-state index contributed by atoms with van der Waals surface area (Å²) in [4.78, 5) is 36.0. The molecule has 0 saturated carbocycles. The molecule has 1 amide bonds. The highest BCUT2D eigenvalue weighted by atomic mass is 16.5. The fourth-order valence-corrected chi connectivity index (χ4v) is 6.42. The van der Waals surface area contributed by atoms with Crippen LogP contribution in [0.3, 0.4) is 0 Å². The highest BCUT2D eigenvalue weighted by molar-refractivity contribution is 5.83. The molecule has 0 aliphatic heterocycles. The van der Waals surface area contributed by atoms with Gasteiger partial charge in [-0.25, -0.2) is 4.79 Å². The van der Waals surface area contributed by atoms with Crippen molar-refractivity contribution in [3.05, 3.63) is 24.3 Å². The summed E-state index contributed by atoms with van der Waals surface area (Å²) < 4.78 is 5.83. The van der Waals surface area contributed by atoms with E-state index in [-0.39, 0.29) is 18.0 Å². The molecular weight excluding hydrogens is 636 g/mol. The third-order valence-corrected chi connectivity index (χ3v) is 9.70. The number of nitrogens with two attached hydrogens (primary N) is 1. The number of carbonyl (C=O) groups is 3. The lowest BCUT2D eigenvalue weighted by atomic mass is 10.0. The molecule has 0 bridgehead atoms. The number of unbranched alkanes of at least 4 members (excludes halogenated alkanes) is 23. The molecule has 0 aromatic rings. The lowest BCUT2D eigenvalue weighted by Crippen LogP contribution is -2.40. The first-order valence-corrected chi connectivity index (χ1v) is 21.7. The number of allylic oxidation sites excluding steroid dienone is 3. The number of amides is 1. The molecule has 2 unspecified atom stereocenters. The topological polar surface area (TPSA) is 119 Å². The average molecular weight is 719 g/mol. The monoisotopic (exact) mass is 719 g/mol. The molecule has 0 spiro atoms. The Labute approximate surface area is 314 Å². The summed E-state index contributed by atoms with van der Waals surface area (Å²) in [5.74, 6) is -1.34. The minimum absolute atomic E-state index is 0.0978. The molecule has 298 valence electrons. The van der Waals surface area contributed by atoms with E-state index in [4.69, 9.17) is 10.5 Å². The van der Waals surface area contributed by atoms with Gasteiger partial charge in [0.1, 0.15) is 12.1 Å². The summed E-state index contributed by atoms with van der Waals surface area (Å²) in [6.07, 6.45) is 44.4. The zero-order chi connectivity index (χ0) is 37.5. The fraction of sp³-hybridized carbons (Fsp3) is 0.841. The lowest BCUT2D eigenvalue weighted by Gasteiger charge is -2.15. The highest BCUT2D eigenvalue weighted by Crippen LogP contribution is 2.16. The Balaban J connectivity index is 3.80. The molecule has 0 fully saturated rings. The third-order valence-electron chi connectivity index (χ3n) is 9.70. The molecule has 0 aliphatic carbocycles. The predicted octanol–water partition coefficient (Wildman–Crippen LogP) is 12.1. The second kappa shape index (κ2) is 39.1. The summed E-state index contributed by atoms with van der Waals surface area (Å²) in [5.41, 5.74) is 5.46. The van der Waals surface area contributed by atoms with Crippen molar-refractivity contribution in [3.8, 4) is 0 Å². The van der Waals surface area contributed by atoms with Crippen molar-refractivity contribution < 1.29 is 24.2 Å². The molecule has 2 atom stereocenters. The largest absolute Gasteiger partial charge is 0.480 e. The molecule has 0 aromatic carbocycles. The van der Waals surface area contributed by atoms with Crippen LogP contribution in [-0.4, -0.2) is 41.6 Å². The molecule has 7 heteroatoms. The van der Waals surface area contributed by atoms with Crippen LogP contribution in [0.2, 0.25) is 0 Å². The fourth-order valence-electron chi connectivity index (χ4n) is 6.42. The number of aliphatic carboxylic acids is 1. The summed E-state index contributed by atoms with van der Waals surface area (Å²) in [6, 6.07) is -0.867. The van der Waals surface area contributed by atoms with Crippen molar-refractivity contribution in [2.75, 3.05) is 6.54 Å². The van der Waals surface area contributed by atoms with Gasteiger partial charge < -0.3 is 20.9 Å². The third kappa shape index (κ3) is 36.0. The van der Waals surface area contributed by atoms with Crippen molar-refractivity contribution in [3.63, 3.8) is 0 Å². The summed E-state index contributed by atoms with van der Waals surface area (Å²) in [7, 11) is 0. The quantitative estimate of drug-likeness (QED) is 0.0331. The van der Waals surface area contributed by atoms with Crippen LogP contribution >= 0.6 is 0 Å². The average Bonchev–Trinajstić information content (AvgIpc) is 3.11. The molecule has 51 heavy (non-hydrogen) atoms. The van der Waals surface area contributed by atoms with Crippen LogP contribution in [0.15, 0.2) is 24.3 Å². The smallest absolute Gasteiger partial charge is 0.326 e. The maximum absolute atomic E-state index is 12.6. The van der Waals surface area contributed by atoms with Crippen LogP contribution < -0.4 is 11.1 Å².